The second-order valence-electron chi connectivity index (χ2n) is 5.24. The maximum atomic E-state index is 6.12. The van der Waals surface area contributed by atoms with Crippen LogP contribution in [0.5, 0.6) is 0 Å². The van der Waals surface area contributed by atoms with Gasteiger partial charge in [0.25, 0.3) is 0 Å². The molecule has 21 heavy (non-hydrogen) atoms. The zero-order valence-electron chi connectivity index (χ0n) is 12.2. The van der Waals surface area contributed by atoms with E-state index in [1.165, 1.54) is 0 Å². The highest BCUT2D eigenvalue weighted by Crippen LogP contribution is 2.16. The molecule has 114 valence electrons. The maximum absolute atomic E-state index is 6.12. The van der Waals surface area contributed by atoms with E-state index in [9.17, 15) is 0 Å². The fraction of sp³-hybridized carbons (Fsp3) is 0.615. The van der Waals surface area contributed by atoms with Crippen LogP contribution in [0.1, 0.15) is 23.8 Å². The molecule has 0 saturated heterocycles. The average molecular weight is 311 g/mol. The third kappa shape index (κ3) is 3.09. The molecule has 0 amide bonds. The highest BCUT2D eigenvalue weighted by Gasteiger charge is 2.21. The number of hydrogen-bond donors (Lipinski definition) is 1. The van der Waals surface area contributed by atoms with Crippen molar-refractivity contribution < 1.29 is 4.74 Å². The highest BCUT2D eigenvalue weighted by molar-refractivity contribution is 6.31. The van der Waals surface area contributed by atoms with Crippen molar-refractivity contribution in [3.8, 4) is 0 Å². The zero-order valence-corrected chi connectivity index (χ0v) is 13.0. The van der Waals surface area contributed by atoms with E-state index < -0.39 is 0 Å². The molecule has 0 aromatic carbocycles. The molecule has 0 aliphatic carbocycles. The third-order valence-corrected chi connectivity index (χ3v) is 4.06. The molecule has 0 spiro atoms. The predicted octanol–water partition coefficient (Wildman–Crippen LogP) is 0.916. The zero-order chi connectivity index (χ0) is 14.8. The van der Waals surface area contributed by atoms with Crippen LogP contribution in [-0.2, 0) is 37.9 Å². The number of rotatable bonds is 5. The van der Waals surface area contributed by atoms with Crippen molar-refractivity contribution in [2.75, 3.05) is 7.11 Å². The van der Waals surface area contributed by atoms with E-state index in [1.54, 1.807) is 18.0 Å². The van der Waals surface area contributed by atoms with Gasteiger partial charge in [0.15, 0.2) is 5.82 Å². The Labute approximate surface area is 128 Å². The Morgan fingerprint density at radius 1 is 1.52 bits per heavy atom. The summed E-state index contributed by atoms with van der Waals surface area (Å²) >= 11 is 6.12. The molecule has 1 aliphatic rings. The molecule has 0 fully saturated rings. The van der Waals surface area contributed by atoms with Gasteiger partial charge in [-0.15, -0.1) is 0 Å². The number of aryl methyl sites for hydroxylation is 2. The van der Waals surface area contributed by atoms with Crippen molar-refractivity contribution in [3.05, 3.63) is 28.6 Å². The van der Waals surface area contributed by atoms with Gasteiger partial charge in [-0.2, -0.15) is 10.2 Å². The normalized spacial score (nSPS) is 18.0. The molecule has 2 aromatic rings. The Morgan fingerprint density at radius 3 is 3.10 bits per heavy atom. The minimum Gasteiger partial charge on any atom is -0.377 e. The van der Waals surface area contributed by atoms with Crippen LogP contribution in [0.25, 0.3) is 0 Å². The van der Waals surface area contributed by atoms with Gasteiger partial charge >= 0.3 is 0 Å². The molecule has 0 bridgehead atoms. The summed E-state index contributed by atoms with van der Waals surface area (Å²) in [4.78, 5) is 4.48. The number of ether oxygens (including phenoxy) is 1. The predicted molar refractivity (Wildman–Crippen MR) is 77.9 cm³/mol. The van der Waals surface area contributed by atoms with Gasteiger partial charge in [0, 0.05) is 33.2 Å². The standard InChI is InChI=1S/C13H19ClN6O/c1-19-11(10(14)5-16-19)6-15-9-3-4-13-17-12(8-21-2)18-20(13)7-9/h5,9,15H,3-4,6-8H2,1-2H3. The number of nitrogens with zero attached hydrogens (tertiary/aromatic N) is 5. The van der Waals surface area contributed by atoms with E-state index in [4.69, 9.17) is 16.3 Å². The van der Waals surface area contributed by atoms with Crippen molar-refractivity contribution in [2.24, 2.45) is 7.05 Å². The van der Waals surface area contributed by atoms with Crippen LogP contribution in [0, 0.1) is 0 Å². The average Bonchev–Trinajstić information content (AvgIpc) is 3.00. The minimum atomic E-state index is 0.362. The lowest BCUT2D eigenvalue weighted by molar-refractivity contribution is 0.177. The van der Waals surface area contributed by atoms with Crippen molar-refractivity contribution in [1.29, 1.82) is 0 Å². The van der Waals surface area contributed by atoms with E-state index in [-0.39, 0.29) is 0 Å². The number of fused-ring (bicyclic) bond motifs is 1. The van der Waals surface area contributed by atoms with Gasteiger partial charge in [-0.1, -0.05) is 11.6 Å². The lowest BCUT2D eigenvalue weighted by Gasteiger charge is -2.23. The Bertz CT molecular complexity index is 603. The maximum Gasteiger partial charge on any atom is 0.176 e. The van der Waals surface area contributed by atoms with Gasteiger partial charge in [-0.3, -0.25) is 4.68 Å². The molecule has 1 N–H and O–H groups in total. The summed E-state index contributed by atoms with van der Waals surface area (Å²) in [5.41, 5.74) is 1.00. The molecular formula is C13H19ClN6O. The quantitative estimate of drug-likeness (QED) is 0.889. The first kappa shape index (κ1) is 14.5. The smallest absolute Gasteiger partial charge is 0.176 e. The fourth-order valence-electron chi connectivity index (χ4n) is 2.59. The van der Waals surface area contributed by atoms with Crippen molar-refractivity contribution in [2.45, 2.75) is 38.6 Å². The first-order valence-electron chi connectivity index (χ1n) is 6.98. The summed E-state index contributed by atoms with van der Waals surface area (Å²) in [6, 6.07) is 0.362. The summed E-state index contributed by atoms with van der Waals surface area (Å²) in [5, 5.41) is 12.8. The first-order chi connectivity index (χ1) is 10.2. The van der Waals surface area contributed by atoms with Crippen LogP contribution in [0.2, 0.25) is 5.02 Å². The molecule has 1 unspecified atom stereocenters. The highest BCUT2D eigenvalue weighted by atomic mass is 35.5. The van der Waals surface area contributed by atoms with Crippen molar-refractivity contribution in [1.82, 2.24) is 29.9 Å². The van der Waals surface area contributed by atoms with Gasteiger partial charge in [0.2, 0.25) is 0 Å². The van der Waals surface area contributed by atoms with Crippen molar-refractivity contribution in [3.63, 3.8) is 0 Å². The largest absolute Gasteiger partial charge is 0.377 e. The SMILES string of the molecule is COCc1nc2n(n1)CC(NCc1c(Cl)cnn1C)CC2. The van der Waals surface area contributed by atoms with Crippen LogP contribution in [0.15, 0.2) is 6.20 Å². The molecule has 8 heteroatoms. The monoisotopic (exact) mass is 310 g/mol. The fourth-order valence-corrected chi connectivity index (χ4v) is 2.83. The van der Waals surface area contributed by atoms with Gasteiger partial charge < -0.3 is 10.1 Å². The molecule has 2 aromatic heterocycles. The number of hydrogen-bond acceptors (Lipinski definition) is 5. The number of halogens is 1. The Hall–Kier alpha value is -1.44. The molecule has 3 rings (SSSR count). The molecule has 0 radical (unpaired) electrons. The summed E-state index contributed by atoms with van der Waals surface area (Å²) in [6.45, 7) is 1.99. The van der Waals surface area contributed by atoms with E-state index >= 15 is 0 Å². The van der Waals surface area contributed by atoms with E-state index in [1.807, 2.05) is 11.7 Å². The summed E-state index contributed by atoms with van der Waals surface area (Å²) in [5.74, 6) is 1.79. The summed E-state index contributed by atoms with van der Waals surface area (Å²) in [6.07, 6.45) is 3.64. The lowest BCUT2D eigenvalue weighted by atomic mass is 10.1. The van der Waals surface area contributed by atoms with E-state index in [0.29, 0.717) is 24.2 Å². The van der Waals surface area contributed by atoms with Crippen LogP contribution in [0.3, 0.4) is 0 Å². The van der Waals surface area contributed by atoms with Crippen LogP contribution >= 0.6 is 11.6 Å². The van der Waals surface area contributed by atoms with Crippen LogP contribution < -0.4 is 5.32 Å². The topological polar surface area (TPSA) is 69.8 Å². The summed E-state index contributed by atoms with van der Waals surface area (Å²) in [7, 11) is 3.55. The molecular weight excluding hydrogens is 292 g/mol. The second kappa shape index (κ2) is 6.13. The molecule has 1 aliphatic heterocycles. The minimum absolute atomic E-state index is 0.362. The van der Waals surface area contributed by atoms with Gasteiger partial charge in [-0.25, -0.2) is 9.67 Å². The third-order valence-electron chi connectivity index (χ3n) is 3.74. The van der Waals surface area contributed by atoms with E-state index in [2.05, 4.69) is 20.5 Å². The molecule has 1 atom stereocenters. The molecule has 7 nitrogen and oxygen atoms in total. The molecule has 3 heterocycles. The number of aromatic nitrogens is 5. The van der Waals surface area contributed by atoms with E-state index in [0.717, 1.165) is 36.7 Å². The van der Waals surface area contributed by atoms with Crippen LogP contribution in [0.4, 0.5) is 0 Å². The Balaban J connectivity index is 1.61. The summed E-state index contributed by atoms with van der Waals surface area (Å²) < 4.78 is 8.85. The van der Waals surface area contributed by atoms with Crippen molar-refractivity contribution >= 4 is 11.6 Å². The Morgan fingerprint density at radius 2 is 2.38 bits per heavy atom. The van der Waals surface area contributed by atoms with Gasteiger partial charge in [0.1, 0.15) is 12.4 Å². The van der Waals surface area contributed by atoms with Gasteiger partial charge in [-0.05, 0) is 6.42 Å². The van der Waals surface area contributed by atoms with Crippen LogP contribution in [-0.4, -0.2) is 37.7 Å². The Kier molecular flexibility index (Phi) is 4.23. The van der Waals surface area contributed by atoms with Gasteiger partial charge in [0.05, 0.1) is 23.5 Å². The second-order valence-corrected chi connectivity index (χ2v) is 5.65. The number of methoxy groups -OCH3 is 1. The first-order valence-corrected chi connectivity index (χ1v) is 7.36. The number of nitrogens with one attached hydrogen (secondary N) is 1. The lowest BCUT2D eigenvalue weighted by Crippen LogP contribution is -2.37. The molecule has 0 saturated carbocycles.